The van der Waals surface area contributed by atoms with Gasteiger partial charge in [0.2, 0.25) is 19.7 Å². The zero-order valence-corrected chi connectivity index (χ0v) is 79.7. The second-order valence-electron chi connectivity index (χ2n) is 37.5. The summed E-state index contributed by atoms with van der Waals surface area (Å²) in [4.78, 5) is 49.2. The lowest BCUT2D eigenvalue weighted by atomic mass is 9.94. The van der Waals surface area contributed by atoms with Crippen LogP contribution in [0.2, 0.25) is 0 Å². The summed E-state index contributed by atoms with van der Waals surface area (Å²) in [6, 6.07) is 86.5. The van der Waals surface area contributed by atoms with Gasteiger partial charge in [-0.1, -0.05) is 182 Å². The molecule has 3 heterocycles. The van der Waals surface area contributed by atoms with Crippen LogP contribution in [0.3, 0.4) is 0 Å². The topological polar surface area (TPSA) is 274 Å². The summed E-state index contributed by atoms with van der Waals surface area (Å²) >= 11 is 1.82. The fourth-order valence-corrected chi connectivity index (χ4v) is 20.6. The predicted octanol–water partition coefficient (Wildman–Crippen LogP) is 24.7. The molecule has 4 amide bonds. The van der Waals surface area contributed by atoms with E-state index in [1.54, 1.807) is 24.3 Å². The van der Waals surface area contributed by atoms with Gasteiger partial charge in [0.1, 0.15) is 22.4 Å². The van der Waals surface area contributed by atoms with Crippen LogP contribution in [-0.4, -0.2) is 103 Å². The van der Waals surface area contributed by atoms with E-state index < -0.39 is 54.3 Å². The molecule has 1 aromatic heterocycles. The van der Waals surface area contributed by atoms with E-state index in [1.807, 2.05) is 167 Å². The van der Waals surface area contributed by atoms with Crippen LogP contribution in [0.4, 0.5) is 19.2 Å². The third-order valence-corrected chi connectivity index (χ3v) is 27.2. The highest BCUT2D eigenvalue weighted by atomic mass is 32.2. The van der Waals surface area contributed by atoms with Gasteiger partial charge in [-0.25, -0.2) is 36.0 Å². The van der Waals surface area contributed by atoms with Crippen molar-refractivity contribution in [2.75, 3.05) is 39.3 Å². The fraction of sp³-hybridized carbons (Fsp3) is 0.309. The van der Waals surface area contributed by atoms with Crippen molar-refractivity contribution < 1.29 is 55.0 Å². The van der Waals surface area contributed by atoms with Crippen LogP contribution in [0, 0.1) is 0 Å². The molecule has 0 unspecified atom stereocenters. The highest BCUT2D eigenvalue weighted by Crippen LogP contribution is 2.49. The van der Waals surface area contributed by atoms with Crippen molar-refractivity contribution in [3.63, 3.8) is 0 Å². The van der Waals surface area contributed by atoms with Crippen LogP contribution >= 0.6 is 11.3 Å². The molecule has 131 heavy (non-hydrogen) atoms. The van der Waals surface area contributed by atoms with Crippen molar-refractivity contribution in [3.05, 3.63) is 288 Å². The number of fused-ring (bicyclic) bond motifs is 9. The second-order valence-corrected chi connectivity index (χ2v) is 42.3. The number of ether oxygens (including phenoxy) is 4. The van der Waals surface area contributed by atoms with Crippen LogP contribution in [-0.2, 0) is 77.1 Å². The largest absolute Gasteiger partial charge is 0.444 e. The molecular formula is C110H122N6O12S3. The third kappa shape index (κ3) is 26.1. The molecule has 682 valence electrons. The average Bonchev–Trinajstić information content (AvgIpc) is 1.58. The van der Waals surface area contributed by atoms with Crippen molar-refractivity contribution in [2.24, 2.45) is 11.5 Å². The smallest absolute Gasteiger partial charge is 0.407 e. The Morgan fingerprint density at radius 2 is 0.466 bits per heavy atom. The Hall–Kier alpha value is -12.2. The first-order valence-electron chi connectivity index (χ1n) is 45.3. The Balaban J connectivity index is 0.000000170. The SMILES string of the molecule is CC(C)(C)OC(=O)NCCCc1cccc(-c2ccc3c(c2)-c2cc(-c4cccc(CCCNC(=O)OC(C)(C)C)c4)ccc2S3(=O)=O)c1.CC(C)(C)OC(=O)NCCCc1cccc(-c2ccc3sc4ccc(-c5cccc(CCCNC(=O)OC(C)(C)C)c5)cc4c3c2)c1.NCCCc1cccc(-c2ccc3c(c2)-c2cc(-c4cccc(CCCN)c4)ccc2S3(=O)=O)c1. The maximum atomic E-state index is 13.5. The molecule has 0 bridgehead atoms. The van der Waals surface area contributed by atoms with Gasteiger partial charge < -0.3 is 51.7 Å². The molecule has 2 aliphatic heterocycles. The summed E-state index contributed by atoms with van der Waals surface area (Å²) in [6.45, 7) is 25.7. The van der Waals surface area contributed by atoms with Crippen molar-refractivity contribution >= 4 is 75.6 Å². The third-order valence-electron chi connectivity index (χ3n) is 22.3. The number of alkyl carbamates (subject to hydrolysis) is 4. The Kier molecular flexibility index (Phi) is 31.1. The molecule has 0 aliphatic carbocycles. The fourth-order valence-electron chi connectivity index (χ4n) is 16.2. The van der Waals surface area contributed by atoms with Gasteiger partial charge in [0.25, 0.3) is 0 Å². The summed E-state index contributed by atoms with van der Waals surface area (Å²) in [5.74, 6) is 0. The summed E-state index contributed by atoms with van der Waals surface area (Å²) in [5.41, 5.74) is 32.2. The molecule has 0 atom stereocenters. The molecule has 2 aliphatic rings. The number of thiophene rings is 1. The normalized spacial score (nSPS) is 12.8. The molecule has 0 spiro atoms. The van der Waals surface area contributed by atoms with Gasteiger partial charge in [0.15, 0.2) is 0 Å². The number of benzene rings is 12. The number of hydrogen-bond acceptors (Lipinski definition) is 15. The zero-order chi connectivity index (χ0) is 93.4. The number of rotatable bonds is 28. The van der Waals surface area contributed by atoms with Crippen molar-refractivity contribution in [3.8, 4) is 89.0 Å². The van der Waals surface area contributed by atoms with Gasteiger partial charge in [-0.3, -0.25) is 0 Å². The molecule has 0 saturated carbocycles. The average molecular weight is 1820 g/mol. The van der Waals surface area contributed by atoms with E-state index in [1.165, 1.54) is 64.7 Å². The van der Waals surface area contributed by atoms with Gasteiger partial charge in [-0.15, -0.1) is 11.3 Å². The number of amides is 4. The molecule has 0 fully saturated rings. The monoisotopic (exact) mass is 1810 g/mol. The summed E-state index contributed by atoms with van der Waals surface area (Å²) in [7, 11) is -7.17. The molecule has 12 aromatic carbocycles. The van der Waals surface area contributed by atoms with Crippen LogP contribution in [0.25, 0.3) is 109 Å². The first kappa shape index (κ1) is 96.3. The van der Waals surface area contributed by atoms with Crippen molar-refractivity contribution in [2.45, 2.75) is 202 Å². The number of nitrogens with two attached hydrogens (primary N) is 2. The molecule has 8 N–H and O–H groups in total. The molecule has 13 aromatic rings. The lowest BCUT2D eigenvalue weighted by molar-refractivity contribution is 0.0515. The number of nitrogens with one attached hydrogen (secondary N) is 4. The molecule has 21 heteroatoms. The number of aryl methyl sites for hydroxylation is 6. The van der Waals surface area contributed by atoms with E-state index in [0.717, 1.165) is 144 Å². The minimum absolute atomic E-state index is 0.319. The molecule has 15 rings (SSSR count). The summed E-state index contributed by atoms with van der Waals surface area (Å²) < 4.78 is 77.5. The molecule has 18 nitrogen and oxygen atoms in total. The minimum atomic E-state index is -3.64. The molecular weight excluding hydrogens is 1690 g/mol. The highest BCUT2D eigenvalue weighted by molar-refractivity contribution is 7.92. The number of hydrogen-bond donors (Lipinski definition) is 6. The molecule has 0 saturated heterocycles. The Bertz CT molecular complexity index is 6170. The standard InChI is InChI=1S/C40H46N2O6S.C40H46N2O4S.C30H30N2O2S/c1-39(2,3)47-37(43)41-21-9-13-27-11-7-15-29(23-27)31-17-19-35-33(25-31)34-26-32(18-20-36(34)49(35,45)46)30-16-8-12-28(24-30)14-10-22-42-38(44)48-40(4,5)6;1-39(2,3)45-37(43)41-21-9-13-27-11-7-15-29(23-27)31-17-19-35-33(25-31)34-26-32(18-20-36(34)47-35)30-16-8-12-28(24-30)14-10-22-42-38(44)46-40(4,5)6;31-15-3-7-21-5-1-9-23(17-21)25-11-13-29-27(19-25)28-20-26(12-14-30(28)35(29,33)34)24-10-2-6-22(18-24)8-4-16-32/h7-8,11-12,15-20,23-26H,9-10,13-14,21-22H2,1-6H3,(H,41,43)(H,42,44);7-8,11-12,15-20,23-26H,9-10,13-14,21-22H2,1-6H3,(H,41,43)(H,42,44);1-2,5-6,9-14,17-20H,3-4,7-8,15-16,31-32H2. The Morgan fingerprint density at radius 3 is 0.679 bits per heavy atom. The lowest BCUT2D eigenvalue weighted by Gasteiger charge is -2.19. The van der Waals surface area contributed by atoms with Gasteiger partial charge in [0, 0.05) is 68.6 Å². The number of carbonyl (C=O) groups excluding carboxylic acids is 4. The van der Waals surface area contributed by atoms with Crippen molar-refractivity contribution in [1.29, 1.82) is 0 Å². The highest BCUT2D eigenvalue weighted by Gasteiger charge is 2.36. The minimum Gasteiger partial charge on any atom is -0.444 e. The maximum absolute atomic E-state index is 13.5. The van der Waals surface area contributed by atoms with Gasteiger partial charge in [-0.05, 0) is 346 Å². The van der Waals surface area contributed by atoms with E-state index in [-0.39, 0.29) is 12.2 Å². The Labute approximate surface area is 776 Å². The van der Waals surface area contributed by atoms with Crippen LogP contribution < -0.4 is 32.7 Å². The van der Waals surface area contributed by atoms with E-state index in [4.69, 9.17) is 30.4 Å². The van der Waals surface area contributed by atoms with Gasteiger partial charge >= 0.3 is 24.4 Å². The van der Waals surface area contributed by atoms with Gasteiger partial charge in [0.05, 0.1) is 19.6 Å². The summed E-state index contributed by atoms with van der Waals surface area (Å²) in [5, 5.41) is 13.8. The van der Waals surface area contributed by atoms with E-state index in [9.17, 15) is 36.0 Å². The second kappa shape index (κ2) is 42.3. The Morgan fingerprint density at radius 1 is 0.267 bits per heavy atom. The van der Waals surface area contributed by atoms with Crippen LogP contribution in [0.15, 0.2) is 274 Å². The first-order valence-corrected chi connectivity index (χ1v) is 49.1. The van der Waals surface area contributed by atoms with E-state index in [2.05, 4.69) is 179 Å². The van der Waals surface area contributed by atoms with E-state index >= 15 is 0 Å². The number of carbonyl (C=O) groups is 4. The van der Waals surface area contributed by atoms with E-state index in [0.29, 0.717) is 70.0 Å². The van der Waals surface area contributed by atoms with Crippen LogP contribution in [0.5, 0.6) is 0 Å². The maximum Gasteiger partial charge on any atom is 0.407 e. The number of sulfone groups is 2. The zero-order valence-electron chi connectivity index (χ0n) is 77.3. The first-order chi connectivity index (χ1) is 62.4. The van der Waals surface area contributed by atoms with Crippen molar-refractivity contribution in [1.82, 2.24) is 21.3 Å². The molecule has 0 radical (unpaired) electrons. The predicted molar refractivity (Wildman–Crippen MR) is 532 cm³/mol. The lowest BCUT2D eigenvalue weighted by Crippen LogP contribution is -2.33. The van der Waals surface area contributed by atoms with Crippen LogP contribution in [0.1, 0.15) is 155 Å². The van der Waals surface area contributed by atoms with Gasteiger partial charge in [-0.2, -0.15) is 0 Å². The quantitative estimate of drug-likeness (QED) is 0.0197. The summed E-state index contributed by atoms with van der Waals surface area (Å²) in [6.07, 6.45) is 8.63.